The summed E-state index contributed by atoms with van der Waals surface area (Å²) in [4.78, 5) is 21.0. The molecular weight excluding hydrogens is 504 g/mol. The number of benzene rings is 2. The molecule has 2 aromatic heterocycles. The van der Waals surface area contributed by atoms with Gasteiger partial charge in [0, 0.05) is 49.9 Å². The Bertz CT molecular complexity index is 1570. The van der Waals surface area contributed by atoms with Gasteiger partial charge in [0.1, 0.15) is 28.9 Å². The molecule has 1 aliphatic rings. The van der Waals surface area contributed by atoms with E-state index in [-0.39, 0.29) is 42.1 Å². The number of carbonyl (C=O) groups excluding carboxylic acids is 1. The second kappa shape index (κ2) is 10.1. The third-order valence-electron chi connectivity index (χ3n) is 6.41. The molecule has 0 spiro atoms. The van der Waals surface area contributed by atoms with E-state index in [0.717, 1.165) is 10.6 Å². The third-order valence-corrected chi connectivity index (χ3v) is 6.41. The maximum Gasteiger partial charge on any atom is 0.259 e. The lowest BCUT2D eigenvalue weighted by Gasteiger charge is -2.34. The summed E-state index contributed by atoms with van der Waals surface area (Å²) in [6.45, 7) is 1.12. The van der Waals surface area contributed by atoms with Gasteiger partial charge >= 0.3 is 0 Å². The lowest BCUT2D eigenvalue weighted by Crippen LogP contribution is -2.48. The molecule has 1 fully saturated rings. The fourth-order valence-electron chi connectivity index (χ4n) is 4.41. The van der Waals surface area contributed by atoms with E-state index in [2.05, 4.69) is 10.1 Å². The summed E-state index contributed by atoms with van der Waals surface area (Å²) < 4.78 is 62.4. The van der Waals surface area contributed by atoms with Crippen LogP contribution in [-0.2, 0) is 6.54 Å². The molecule has 3 heterocycles. The van der Waals surface area contributed by atoms with Gasteiger partial charge in [-0.3, -0.25) is 9.69 Å². The van der Waals surface area contributed by atoms with E-state index in [1.54, 1.807) is 35.2 Å². The van der Waals surface area contributed by atoms with Gasteiger partial charge in [0.2, 0.25) is 0 Å². The first-order chi connectivity index (χ1) is 18.3. The van der Waals surface area contributed by atoms with Gasteiger partial charge < -0.3 is 9.64 Å². The largest absolute Gasteiger partial charge is 0.497 e. The van der Waals surface area contributed by atoms with Crippen LogP contribution in [0.25, 0.3) is 16.9 Å². The molecule has 8 nitrogen and oxygen atoms in total. The van der Waals surface area contributed by atoms with E-state index in [1.165, 1.54) is 18.2 Å². The number of halogens is 4. The summed E-state index contributed by atoms with van der Waals surface area (Å²) in [5.41, 5.74) is -0.112. The van der Waals surface area contributed by atoms with Crippen LogP contribution >= 0.6 is 0 Å². The number of piperazine rings is 1. The molecule has 1 aliphatic heterocycles. The van der Waals surface area contributed by atoms with E-state index in [9.17, 15) is 23.2 Å². The number of hydrogen-bond donors (Lipinski definition) is 0. The predicted molar refractivity (Wildman–Crippen MR) is 127 cm³/mol. The second-order valence-corrected chi connectivity index (χ2v) is 8.69. The molecule has 0 saturated carbocycles. The fourth-order valence-corrected chi connectivity index (χ4v) is 4.41. The average Bonchev–Trinajstić information content (AvgIpc) is 3.34. The molecular formula is C26H20F4N6O2. The van der Waals surface area contributed by atoms with Gasteiger partial charge in [-0.15, -0.1) is 0 Å². The van der Waals surface area contributed by atoms with Gasteiger partial charge in [0.05, 0.1) is 13.3 Å². The van der Waals surface area contributed by atoms with E-state index in [4.69, 9.17) is 4.74 Å². The Morgan fingerprint density at radius 3 is 2.42 bits per heavy atom. The van der Waals surface area contributed by atoms with E-state index in [1.807, 2.05) is 0 Å². The quantitative estimate of drug-likeness (QED) is 0.292. The van der Waals surface area contributed by atoms with Crippen molar-refractivity contribution in [2.45, 2.75) is 6.54 Å². The van der Waals surface area contributed by atoms with Gasteiger partial charge in [0.25, 0.3) is 5.91 Å². The molecule has 0 atom stereocenters. The zero-order valence-corrected chi connectivity index (χ0v) is 20.1. The van der Waals surface area contributed by atoms with Crippen LogP contribution in [0, 0.1) is 34.6 Å². The van der Waals surface area contributed by atoms with Gasteiger partial charge in [-0.1, -0.05) is 0 Å². The van der Waals surface area contributed by atoms with Gasteiger partial charge in [0.15, 0.2) is 28.8 Å². The molecule has 4 aromatic rings. The van der Waals surface area contributed by atoms with Crippen LogP contribution < -0.4 is 4.74 Å². The number of aromatic nitrogens is 3. The predicted octanol–water partition coefficient (Wildman–Crippen LogP) is 3.79. The third kappa shape index (κ3) is 4.52. The van der Waals surface area contributed by atoms with Crippen molar-refractivity contribution in [1.82, 2.24) is 24.4 Å². The van der Waals surface area contributed by atoms with Crippen molar-refractivity contribution in [2.24, 2.45) is 0 Å². The van der Waals surface area contributed by atoms with Crippen molar-refractivity contribution in [3.05, 3.63) is 82.7 Å². The Morgan fingerprint density at radius 1 is 1.05 bits per heavy atom. The van der Waals surface area contributed by atoms with Crippen LogP contribution in [0.15, 0.2) is 42.6 Å². The Labute approximate surface area is 214 Å². The minimum atomic E-state index is -1.25. The molecule has 0 bridgehead atoms. The van der Waals surface area contributed by atoms with Crippen LogP contribution in [0.2, 0.25) is 0 Å². The maximum atomic E-state index is 15.2. The van der Waals surface area contributed by atoms with Crippen LogP contribution in [0.1, 0.15) is 21.6 Å². The molecule has 0 radical (unpaired) electrons. The first-order valence-corrected chi connectivity index (χ1v) is 11.6. The summed E-state index contributed by atoms with van der Waals surface area (Å²) in [7, 11) is 1.50. The van der Waals surface area contributed by atoms with Crippen molar-refractivity contribution in [2.75, 3.05) is 33.3 Å². The van der Waals surface area contributed by atoms with Crippen LogP contribution in [-0.4, -0.2) is 63.6 Å². The highest BCUT2D eigenvalue weighted by molar-refractivity contribution is 6.00. The van der Waals surface area contributed by atoms with Crippen molar-refractivity contribution in [3.8, 4) is 23.1 Å². The Kier molecular flexibility index (Phi) is 6.69. The molecule has 12 heteroatoms. The van der Waals surface area contributed by atoms with E-state index < -0.39 is 34.9 Å². The summed E-state index contributed by atoms with van der Waals surface area (Å²) in [6.07, 6.45) is 1.24. The highest BCUT2D eigenvalue weighted by Crippen LogP contribution is 2.27. The number of nitrogens with zero attached hydrogens (tertiary/aromatic N) is 6. The monoisotopic (exact) mass is 524 g/mol. The molecule has 2 aromatic carbocycles. The number of ether oxygens (including phenoxy) is 1. The Morgan fingerprint density at radius 2 is 1.76 bits per heavy atom. The Balaban J connectivity index is 1.39. The lowest BCUT2D eigenvalue weighted by molar-refractivity contribution is 0.0628. The fraction of sp³-hybridized carbons (Fsp3) is 0.231. The zero-order chi connectivity index (χ0) is 27.0. The number of rotatable bonds is 5. The van der Waals surface area contributed by atoms with Crippen molar-refractivity contribution in [3.63, 3.8) is 0 Å². The van der Waals surface area contributed by atoms with Crippen LogP contribution in [0.5, 0.6) is 5.75 Å². The van der Waals surface area contributed by atoms with E-state index in [0.29, 0.717) is 30.5 Å². The van der Waals surface area contributed by atoms with Gasteiger partial charge in [-0.2, -0.15) is 10.4 Å². The van der Waals surface area contributed by atoms with E-state index >= 15 is 4.39 Å². The second-order valence-electron chi connectivity index (χ2n) is 8.69. The molecule has 38 heavy (non-hydrogen) atoms. The number of methoxy groups -OCH3 is 1. The molecule has 1 amide bonds. The van der Waals surface area contributed by atoms with Gasteiger partial charge in [-0.05, 0) is 30.3 Å². The topological polar surface area (TPSA) is 86.8 Å². The first kappa shape index (κ1) is 25.2. The van der Waals surface area contributed by atoms with Crippen molar-refractivity contribution >= 4 is 11.6 Å². The van der Waals surface area contributed by atoms with Crippen molar-refractivity contribution in [1.29, 1.82) is 5.26 Å². The van der Waals surface area contributed by atoms with Crippen LogP contribution in [0.4, 0.5) is 17.6 Å². The standard InChI is InChI=1S/C26H20F4N6O2/c1-38-18-4-2-15(3-5-18)24-23(30)21(12-31)36-25(33-24)19(13-32-36)26(37)35-8-6-34(7-9-35)14-16-10-17(27)11-20(28)22(16)29/h2-5,10-11,13H,6-9,14H2,1H3. The Hall–Kier alpha value is -4.50. The highest BCUT2D eigenvalue weighted by Gasteiger charge is 2.28. The molecule has 5 rings (SSSR count). The highest BCUT2D eigenvalue weighted by atomic mass is 19.2. The SMILES string of the molecule is COc1ccc(-c2nc3c(C(=O)N4CCN(Cc5cc(F)cc(F)c5F)CC4)cnn3c(C#N)c2F)cc1. The van der Waals surface area contributed by atoms with Crippen LogP contribution in [0.3, 0.4) is 0 Å². The molecule has 0 N–H and O–H groups in total. The first-order valence-electron chi connectivity index (χ1n) is 11.6. The number of amides is 1. The molecule has 194 valence electrons. The smallest absolute Gasteiger partial charge is 0.259 e. The van der Waals surface area contributed by atoms with Crippen molar-refractivity contribution < 1.29 is 27.1 Å². The minimum Gasteiger partial charge on any atom is -0.497 e. The summed E-state index contributed by atoms with van der Waals surface area (Å²) in [5.74, 6) is -3.96. The normalized spacial score (nSPS) is 14.1. The summed E-state index contributed by atoms with van der Waals surface area (Å²) in [6, 6.07) is 9.66. The number of fused-ring (bicyclic) bond motifs is 1. The number of nitriles is 1. The zero-order valence-electron chi connectivity index (χ0n) is 20.1. The van der Waals surface area contributed by atoms with Gasteiger partial charge in [-0.25, -0.2) is 27.1 Å². The number of hydrogen-bond acceptors (Lipinski definition) is 6. The molecule has 1 saturated heterocycles. The minimum absolute atomic E-state index is 0.0170. The lowest BCUT2D eigenvalue weighted by atomic mass is 10.1. The maximum absolute atomic E-state index is 15.2. The molecule has 0 unspecified atom stereocenters. The summed E-state index contributed by atoms with van der Waals surface area (Å²) in [5, 5.41) is 13.6. The molecule has 0 aliphatic carbocycles. The average molecular weight is 524 g/mol. The number of carbonyl (C=O) groups is 1. The summed E-state index contributed by atoms with van der Waals surface area (Å²) >= 11 is 0.